The molecule has 1 amide bonds. The van der Waals surface area contributed by atoms with Gasteiger partial charge in [-0.3, -0.25) is 4.79 Å². The number of fused-ring (bicyclic) bond motifs is 1. The molecule has 27 heavy (non-hydrogen) atoms. The van der Waals surface area contributed by atoms with Gasteiger partial charge in [0.05, 0.1) is 4.90 Å². The Hall–Kier alpha value is -1.96. The first kappa shape index (κ1) is 19.8. The molecule has 0 atom stereocenters. The number of hydrogen-bond acceptors (Lipinski definition) is 4. The van der Waals surface area contributed by atoms with Gasteiger partial charge in [0.1, 0.15) is 0 Å². The molecule has 146 valence electrons. The number of likely N-dealkylation sites (tertiary alicyclic amines) is 1. The van der Waals surface area contributed by atoms with E-state index in [0.717, 1.165) is 36.8 Å². The monoisotopic (exact) mass is 389 g/mol. The lowest BCUT2D eigenvalue weighted by atomic mass is 10.1. The molecule has 2 N–H and O–H groups in total. The summed E-state index contributed by atoms with van der Waals surface area (Å²) in [5.74, 6) is -0.127. The number of nitrogens with zero attached hydrogens (tertiary/aromatic N) is 1. The van der Waals surface area contributed by atoms with E-state index >= 15 is 0 Å². The summed E-state index contributed by atoms with van der Waals surface area (Å²) in [6, 6.07) is 12.6. The first-order valence-corrected chi connectivity index (χ1v) is 11.0. The Labute approximate surface area is 161 Å². The second-order valence-corrected chi connectivity index (χ2v) is 8.68. The van der Waals surface area contributed by atoms with Crippen LogP contribution in [0.3, 0.4) is 0 Å². The van der Waals surface area contributed by atoms with E-state index in [-0.39, 0.29) is 23.8 Å². The van der Waals surface area contributed by atoms with E-state index in [1.807, 2.05) is 24.3 Å². The van der Waals surface area contributed by atoms with Gasteiger partial charge in [-0.05, 0) is 61.8 Å². The van der Waals surface area contributed by atoms with Crippen molar-refractivity contribution in [2.45, 2.75) is 30.6 Å². The van der Waals surface area contributed by atoms with Gasteiger partial charge in [0.2, 0.25) is 15.9 Å². The van der Waals surface area contributed by atoms with Gasteiger partial charge in [0.15, 0.2) is 0 Å². The van der Waals surface area contributed by atoms with E-state index in [4.69, 9.17) is 0 Å². The van der Waals surface area contributed by atoms with Crippen molar-refractivity contribution in [3.05, 3.63) is 42.5 Å². The van der Waals surface area contributed by atoms with E-state index in [9.17, 15) is 13.2 Å². The highest BCUT2D eigenvalue weighted by Gasteiger charge is 2.15. The number of sulfonamides is 1. The zero-order valence-corrected chi connectivity index (χ0v) is 16.3. The standard InChI is InChI=1S/C20H27N3O3S/c24-20(21-11-5-15-23-13-3-4-14-23)10-12-22-27(25,26)19-9-8-17-6-1-2-7-18(17)16-19/h1-2,6-9,16,22H,3-5,10-15H2,(H,21,24). The number of rotatable bonds is 9. The third kappa shape index (κ3) is 5.76. The minimum Gasteiger partial charge on any atom is -0.356 e. The minimum atomic E-state index is -3.62. The second kappa shape index (κ2) is 9.30. The summed E-state index contributed by atoms with van der Waals surface area (Å²) in [6.45, 7) is 4.05. The predicted molar refractivity (Wildman–Crippen MR) is 107 cm³/mol. The summed E-state index contributed by atoms with van der Waals surface area (Å²) >= 11 is 0. The largest absolute Gasteiger partial charge is 0.356 e. The quantitative estimate of drug-likeness (QED) is 0.644. The first-order chi connectivity index (χ1) is 13.0. The number of amides is 1. The summed E-state index contributed by atoms with van der Waals surface area (Å²) in [5.41, 5.74) is 0. The molecule has 2 aromatic rings. The molecular weight excluding hydrogens is 362 g/mol. The Morgan fingerprint density at radius 1 is 1.00 bits per heavy atom. The van der Waals surface area contributed by atoms with E-state index in [0.29, 0.717) is 6.54 Å². The van der Waals surface area contributed by atoms with Crippen LogP contribution >= 0.6 is 0 Å². The number of nitrogens with one attached hydrogen (secondary N) is 2. The highest BCUT2D eigenvalue weighted by atomic mass is 32.2. The molecule has 1 aliphatic rings. The fourth-order valence-corrected chi connectivity index (χ4v) is 4.41. The van der Waals surface area contributed by atoms with Crippen LogP contribution in [0.1, 0.15) is 25.7 Å². The second-order valence-electron chi connectivity index (χ2n) is 6.91. The van der Waals surface area contributed by atoms with Crippen molar-refractivity contribution in [3.8, 4) is 0 Å². The van der Waals surface area contributed by atoms with Crippen LogP contribution in [0.5, 0.6) is 0 Å². The van der Waals surface area contributed by atoms with Gasteiger partial charge >= 0.3 is 0 Å². The topological polar surface area (TPSA) is 78.5 Å². The van der Waals surface area contributed by atoms with Crippen molar-refractivity contribution >= 4 is 26.7 Å². The van der Waals surface area contributed by atoms with Crippen LogP contribution in [0, 0.1) is 0 Å². The summed E-state index contributed by atoms with van der Waals surface area (Å²) < 4.78 is 27.3. The van der Waals surface area contributed by atoms with Crippen molar-refractivity contribution in [1.82, 2.24) is 14.9 Å². The van der Waals surface area contributed by atoms with Crippen LogP contribution in [0.2, 0.25) is 0 Å². The average Bonchev–Trinajstić information content (AvgIpc) is 3.18. The van der Waals surface area contributed by atoms with E-state index in [1.54, 1.807) is 18.2 Å². The molecule has 3 rings (SSSR count). The maximum atomic E-state index is 12.4. The molecule has 0 spiro atoms. The lowest BCUT2D eigenvalue weighted by Crippen LogP contribution is -2.32. The SMILES string of the molecule is O=C(CCNS(=O)(=O)c1ccc2ccccc2c1)NCCCN1CCCC1. The van der Waals surface area contributed by atoms with E-state index < -0.39 is 10.0 Å². The van der Waals surface area contributed by atoms with Crippen LogP contribution in [0.4, 0.5) is 0 Å². The molecule has 0 saturated carbocycles. The van der Waals surface area contributed by atoms with Gasteiger partial charge < -0.3 is 10.2 Å². The number of benzene rings is 2. The van der Waals surface area contributed by atoms with Gasteiger partial charge in [-0.2, -0.15) is 0 Å². The van der Waals surface area contributed by atoms with E-state index in [2.05, 4.69) is 14.9 Å². The summed E-state index contributed by atoms with van der Waals surface area (Å²) in [7, 11) is -3.62. The fraction of sp³-hybridized carbons (Fsp3) is 0.450. The summed E-state index contributed by atoms with van der Waals surface area (Å²) in [4.78, 5) is 14.5. The molecule has 1 saturated heterocycles. The zero-order valence-electron chi connectivity index (χ0n) is 15.5. The molecule has 1 heterocycles. The van der Waals surface area contributed by atoms with Crippen LogP contribution in [0.15, 0.2) is 47.4 Å². The fourth-order valence-electron chi connectivity index (χ4n) is 3.34. The molecule has 1 fully saturated rings. The molecule has 0 aliphatic carbocycles. The molecular formula is C20H27N3O3S. The molecule has 1 aliphatic heterocycles. The third-order valence-electron chi connectivity index (χ3n) is 4.85. The smallest absolute Gasteiger partial charge is 0.240 e. The van der Waals surface area contributed by atoms with Gasteiger partial charge in [0, 0.05) is 19.5 Å². The van der Waals surface area contributed by atoms with Gasteiger partial charge in [-0.15, -0.1) is 0 Å². The van der Waals surface area contributed by atoms with Crippen LogP contribution < -0.4 is 10.0 Å². The van der Waals surface area contributed by atoms with Gasteiger partial charge in [-0.1, -0.05) is 30.3 Å². The Bertz CT molecular complexity index is 877. The highest BCUT2D eigenvalue weighted by Crippen LogP contribution is 2.18. The maximum Gasteiger partial charge on any atom is 0.240 e. The summed E-state index contributed by atoms with van der Waals surface area (Å²) in [5, 5.41) is 4.72. The number of carbonyl (C=O) groups excluding carboxylic acids is 1. The molecule has 7 heteroatoms. The van der Waals surface area contributed by atoms with E-state index in [1.165, 1.54) is 12.8 Å². The van der Waals surface area contributed by atoms with Crippen molar-refractivity contribution < 1.29 is 13.2 Å². The maximum absolute atomic E-state index is 12.4. The van der Waals surface area contributed by atoms with Gasteiger partial charge in [0.25, 0.3) is 0 Å². The molecule has 0 radical (unpaired) electrons. The zero-order chi connectivity index (χ0) is 19.1. The summed E-state index contributed by atoms with van der Waals surface area (Å²) in [6.07, 6.45) is 3.60. The predicted octanol–water partition coefficient (Wildman–Crippen LogP) is 2.11. The number of carbonyl (C=O) groups is 1. The molecule has 0 bridgehead atoms. The molecule has 6 nitrogen and oxygen atoms in total. The normalized spacial score (nSPS) is 15.3. The Kier molecular flexibility index (Phi) is 6.82. The first-order valence-electron chi connectivity index (χ1n) is 9.52. The third-order valence-corrected chi connectivity index (χ3v) is 6.31. The molecule has 2 aromatic carbocycles. The van der Waals surface area contributed by atoms with Crippen molar-refractivity contribution in [2.24, 2.45) is 0 Å². The molecule has 0 aromatic heterocycles. The van der Waals surface area contributed by atoms with Crippen molar-refractivity contribution in [1.29, 1.82) is 0 Å². The van der Waals surface area contributed by atoms with Crippen molar-refractivity contribution in [2.75, 3.05) is 32.7 Å². The van der Waals surface area contributed by atoms with Crippen LogP contribution in [-0.4, -0.2) is 51.9 Å². The van der Waals surface area contributed by atoms with Gasteiger partial charge in [-0.25, -0.2) is 13.1 Å². The number of hydrogen-bond donors (Lipinski definition) is 2. The van der Waals surface area contributed by atoms with Crippen molar-refractivity contribution in [3.63, 3.8) is 0 Å². The van der Waals surface area contributed by atoms with Crippen LogP contribution in [-0.2, 0) is 14.8 Å². The lowest BCUT2D eigenvalue weighted by molar-refractivity contribution is -0.120. The Morgan fingerprint density at radius 3 is 2.52 bits per heavy atom. The Balaban J connectivity index is 1.40. The lowest BCUT2D eigenvalue weighted by Gasteiger charge is -2.14. The highest BCUT2D eigenvalue weighted by molar-refractivity contribution is 7.89. The van der Waals surface area contributed by atoms with Crippen LogP contribution in [0.25, 0.3) is 10.8 Å². The average molecular weight is 390 g/mol. The molecule has 0 unspecified atom stereocenters. The Morgan fingerprint density at radius 2 is 1.74 bits per heavy atom. The minimum absolute atomic E-state index is 0.0904.